The molecule has 120 valence electrons. The van der Waals surface area contributed by atoms with Gasteiger partial charge in [0, 0.05) is 19.1 Å². The number of rotatable bonds is 2. The molecule has 22 heavy (non-hydrogen) atoms. The summed E-state index contributed by atoms with van der Waals surface area (Å²) in [5.74, 6) is -0.0863. The van der Waals surface area contributed by atoms with Crippen LogP contribution < -0.4 is 0 Å². The minimum atomic E-state index is -0.799. The Balaban J connectivity index is 1.56. The molecule has 0 amide bonds. The first-order valence-corrected chi connectivity index (χ1v) is 8.16. The third-order valence-electron chi connectivity index (χ3n) is 5.45. The largest absolute Gasteiger partial charge is 0.390 e. The number of benzene rings is 1. The highest BCUT2D eigenvalue weighted by atomic mass is 16.7. The minimum Gasteiger partial charge on any atom is -0.390 e. The molecule has 0 radical (unpaired) electrons. The van der Waals surface area contributed by atoms with E-state index < -0.39 is 17.8 Å². The molecule has 0 aromatic heterocycles. The van der Waals surface area contributed by atoms with Crippen molar-refractivity contribution in [3.63, 3.8) is 0 Å². The van der Waals surface area contributed by atoms with Crippen LogP contribution in [-0.4, -0.2) is 52.3 Å². The van der Waals surface area contributed by atoms with Gasteiger partial charge in [-0.3, -0.25) is 4.84 Å². The number of hydrogen-bond acceptors (Lipinski definition) is 5. The molecular formula is C17H23NO4. The van der Waals surface area contributed by atoms with Gasteiger partial charge in [0.1, 0.15) is 11.7 Å². The van der Waals surface area contributed by atoms with E-state index in [1.54, 1.807) is 0 Å². The Kier molecular flexibility index (Phi) is 3.71. The van der Waals surface area contributed by atoms with Crippen molar-refractivity contribution < 1.29 is 19.8 Å². The van der Waals surface area contributed by atoms with Crippen LogP contribution in [-0.2, 0) is 16.1 Å². The Hall–Kier alpha value is -0.980. The summed E-state index contributed by atoms with van der Waals surface area (Å²) in [6, 6.07) is 9.86. The smallest absolute Gasteiger partial charge is 0.122 e. The number of fused-ring (bicyclic) bond motifs is 1. The molecule has 0 bridgehead atoms. The molecule has 1 spiro atoms. The molecule has 5 nitrogen and oxygen atoms in total. The maximum Gasteiger partial charge on any atom is 0.122 e. The van der Waals surface area contributed by atoms with Gasteiger partial charge in [0.05, 0.1) is 18.8 Å². The van der Waals surface area contributed by atoms with Gasteiger partial charge in [0.2, 0.25) is 0 Å². The van der Waals surface area contributed by atoms with E-state index in [1.165, 1.54) is 0 Å². The zero-order valence-corrected chi connectivity index (χ0v) is 12.6. The van der Waals surface area contributed by atoms with Crippen LogP contribution >= 0.6 is 0 Å². The molecular weight excluding hydrogens is 282 g/mol. The molecule has 1 aliphatic carbocycles. The predicted octanol–water partition coefficient (Wildman–Crippen LogP) is 1.09. The van der Waals surface area contributed by atoms with Crippen molar-refractivity contribution >= 4 is 0 Å². The van der Waals surface area contributed by atoms with Crippen molar-refractivity contribution in [3.05, 3.63) is 35.9 Å². The lowest BCUT2D eigenvalue weighted by Crippen LogP contribution is -2.54. The molecule has 2 aliphatic heterocycles. The molecule has 2 heterocycles. The quantitative estimate of drug-likeness (QED) is 0.856. The average Bonchev–Trinajstić information content (AvgIpc) is 3.05. The van der Waals surface area contributed by atoms with Crippen molar-refractivity contribution in [2.75, 3.05) is 13.2 Å². The van der Waals surface area contributed by atoms with Gasteiger partial charge < -0.3 is 14.9 Å². The fourth-order valence-corrected chi connectivity index (χ4v) is 4.29. The molecule has 2 saturated heterocycles. The first-order valence-electron chi connectivity index (χ1n) is 8.16. The molecule has 1 saturated carbocycles. The molecule has 1 aromatic carbocycles. The van der Waals surface area contributed by atoms with E-state index in [9.17, 15) is 10.2 Å². The third-order valence-corrected chi connectivity index (χ3v) is 5.45. The number of aliphatic hydroxyl groups excluding tert-OH is 2. The van der Waals surface area contributed by atoms with Gasteiger partial charge in [-0.25, -0.2) is 0 Å². The highest BCUT2D eigenvalue weighted by Crippen LogP contribution is 2.48. The Labute approximate surface area is 130 Å². The fraction of sp³-hybridized carbons (Fsp3) is 0.647. The van der Waals surface area contributed by atoms with E-state index in [0.29, 0.717) is 19.8 Å². The van der Waals surface area contributed by atoms with Crippen molar-refractivity contribution in [1.82, 2.24) is 5.06 Å². The third kappa shape index (κ3) is 2.12. The molecule has 4 rings (SSSR count). The lowest BCUT2D eigenvalue weighted by molar-refractivity contribution is -0.219. The second-order valence-corrected chi connectivity index (χ2v) is 6.66. The predicted molar refractivity (Wildman–Crippen MR) is 79.8 cm³/mol. The Bertz CT molecular complexity index is 517. The molecule has 3 aliphatic rings. The zero-order chi connectivity index (χ0) is 15.2. The number of hydrogen-bond donors (Lipinski definition) is 2. The van der Waals surface area contributed by atoms with Crippen LogP contribution in [0.3, 0.4) is 0 Å². The Morgan fingerprint density at radius 2 is 1.95 bits per heavy atom. The second-order valence-electron chi connectivity index (χ2n) is 6.66. The van der Waals surface area contributed by atoms with Crippen LogP contribution in [0, 0.1) is 5.92 Å². The Morgan fingerprint density at radius 3 is 2.68 bits per heavy atom. The lowest BCUT2D eigenvalue weighted by atomic mass is 9.87. The van der Waals surface area contributed by atoms with Gasteiger partial charge in [0.15, 0.2) is 0 Å². The summed E-state index contributed by atoms with van der Waals surface area (Å²) in [7, 11) is 0. The summed E-state index contributed by atoms with van der Waals surface area (Å²) in [5, 5.41) is 23.5. The van der Waals surface area contributed by atoms with E-state index in [2.05, 4.69) is 0 Å². The molecule has 5 heteroatoms. The lowest BCUT2D eigenvalue weighted by Gasteiger charge is -2.41. The highest BCUT2D eigenvalue weighted by Gasteiger charge is 2.64. The first kappa shape index (κ1) is 14.6. The normalized spacial score (nSPS) is 41.9. The summed E-state index contributed by atoms with van der Waals surface area (Å²) in [4.78, 5) is 5.76. The molecule has 1 aromatic rings. The van der Waals surface area contributed by atoms with E-state index in [1.807, 2.05) is 35.4 Å². The molecule has 5 atom stereocenters. The van der Waals surface area contributed by atoms with E-state index in [0.717, 1.165) is 24.8 Å². The average molecular weight is 305 g/mol. The summed E-state index contributed by atoms with van der Waals surface area (Å²) >= 11 is 0. The molecule has 2 N–H and O–H groups in total. The molecule has 3 fully saturated rings. The SMILES string of the molecule is O[C@@H]1[C@@H]2[C@@H](CON2Cc2ccccc2)[C@H](O)[C@@]12CCCCO2. The number of aliphatic hydroxyl groups is 2. The van der Waals surface area contributed by atoms with Crippen molar-refractivity contribution in [3.8, 4) is 0 Å². The van der Waals surface area contributed by atoms with Gasteiger partial charge in [0.25, 0.3) is 0 Å². The van der Waals surface area contributed by atoms with E-state index >= 15 is 0 Å². The fourth-order valence-electron chi connectivity index (χ4n) is 4.29. The van der Waals surface area contributed by atoms with Gasteiger partial charge in [-0.1, -0.05) is 30.3 Å². The van der Waals surface area contributed by atoms with Gasteiger partial charge >= 0.3 is 0 Å². The van der Waals surface area contributed by atoms with Crippen LogP contribution in [0.2, 0.25) is 0 Å². The van der Waals surface area contributed by atoms with Crippen molar-refractivity contribution in [2.45, 2.75) is 49.7 Å². The summed E-state index contributed by atoms with van der Waals surface area (Å²) in [6.45, 7) is 1.68. The van der Waals surface area contributed by atoms with E-state index in [-0.39, 0.29) is 12.0 Å². The topological polar surface area (TPSA) is 62.2 Å². The van der Waals surface area contributed by atoms with Crippen molar-refractivity contribution in [2.24, 2.45) is 5.92 Å². The monoisotopic (exact) mass is 305 g/mol. The van der Waals surface area contributed by atoms with Crippen LogP contribution in [0.15, 0.2) is 30.3 Å². The zero-order valence-electron chi connectivity index (χ0n) is 12.6. The van der Waals surface area contributed by atoms with Gasteiger partial charge in [-0.15, -0.1) is 0 Å². The van der Waals surface area contributed by atoms with Crippen LogP contribution in [0.4, 0.5) is 0 Å². The van der Waals surface area contributed by atoms with Crippen LogP contribution in [0.25, 0.3) is 0 Å². The maximum atomic E-state index is 10.9. The standard InChI is InChI=1S/C17H23NO4/c19-15-13-11-22-18(10-12-6-2-1-3-7-12)14(13)16(20)17(15)8-4-5-9-21-17/h1-3,6-7,13-16,19-20H,4-5,8-11H2/t13-,14+,15+,16-,17+/m1/s1. The first-order chi connectivity index (χ1) is 10.7. The van der Waals surface area contributed by atoms with Gasteiger partial charge in [-0.2, -0.15) is 5.06 Å². The highest BCUT2D eigenvalue weighted by molar-refractivity contribution is 5.18. The number of hydroxylamine groups is 2. The maximum absolute atomic E-state index is 10.9. The number of nitrogens with zero attached hydrogens (tertiary/aromatic N) is 1. The van der Waals surface area contributed by atoms with Crippen LogP contribution in [0.1, 0.15) is 24.8 Å². The van der Waals surface area contributed by atoms with Crippen molar-refractivity contribution in [1.29, 1.82) is 0 Å². The summed E-state index contributed by atoms with van der Waals surface area (Å²) in [6.07, 6.45) is 1.35. The van der Waals surface area contributed by atoms with Crippen LogP contribution in [0.5, 0.6) is 0 Å². The number of ether oxygens (including phenoxy) is 1. The molecule has 0 unspecified atom stereocenters. The van der Waals surface area contributed by atoms with Gasteiger partial charge in [-0.05, 0) is 24.8 Å². The van der Waals surface area contributed by atoms with E-state index in [4.69, 9.17) is 9.57 Å². The summed E-state index contributed by atoms with van der Waals surface area (Å²) < 4.78 is 5.90. The summed E-state index contributed by atoms with van der Waals surface area (Å²) in [5.41, 5.74) is 0.335. The second kappa shape index (κ2) is 5.58. The Morgan fingerprint density at radius 1 is 1.14 bits per heavy atom. The minimum absolute atomic E-state index is 0.0863.